The van der Waals surface area contributed by atoms with Gasteiger partial charge in [0.05, 0.1) is 12.0 Å². The topological polar surface area (TPSA) is 97.8 Å². The number of carbonyl (C=O) groups is 2. The number of carbonyl (C=O) groups excluding carboxylic acids is 2. The lowest BCUT2D eigenvalue weighted by atomic mass is 9.59. The maximum atomic E-state index is 14.7. The predicted molar refractivity (Wildman–Crippen MR) is 132 cm³/mol. The van der Waals surface area contributed by atoms with Gasteiger partial charge in [-0.15, -0.1) is 0 Å². The van der Waals surface area contributed by atoms with E-state index in [9.17, 15) is 14.7 Å². The lowest BCUT2D eigenvalue weighted by Crippen LogP contribution is -2.68. The normalized spacial score (nSPS) is 43.7. The van der Waals surface area contributed by atoms with E-state index in [1.807, 2.05) is 39.8 Å². The van der Waals surface area contributed by atoms with Gasteiger partial charge in [-0.05, 0) is 80.1 Å². The number of H-pyrrole nitrogens is 1. The van der Waals surface area contributed by atoms with E-state index in [1.54, 1.807) is 12.3 Å². The van der Waals surface area contributed by atoms with Crippen molar-refractivity contribution in [2.45, 2.75) is 78.5 Å². The molecule has 7 heteroatoms. The minimum atomic E-state index is -1.80. The van der Waals surface area contributed by atoms with Crippen molar-refractivity contribution in [1.29, 1.82) is 0 Å². The maximum Gasteiger partial charge on any atom is 0.355 e. The van der Waals surface area contributed by atoms with Crippen molar-refractivity contribution >= 4 is 11.8 Å². The summed E-state index contributed by atoms with van der Waals surface area (Å²) in [5.74, 6) is -1.45. The summed E-state index contributed by atoms with van der Waals surface area (Å²) in [5.41, 5.74) is -0.455. The second-order valence-electron chi connectivity index (χ2n) is 12.8. The first-order chi connectivity index (χ1) is 16.8. The molecule has 2 N–H and O–H groups in total. The Morgan fingerprint density at radius 3 is 2.61 bits per heavy atom. The fourth-order valence-corrected chi connectivity index (χ4v) is 8.13. The SMILES string of the molecule is CC1=C[C@]23C(=O)[C@@H](C=C4COC(C)(C)O[C@H]4[C@]2(O)[C@H]1OC(=O)c1[nH]ccc1C)[C@H]1[C@@H](C[C@H]3C)C1(C)C. The highest BCUT2D eigenvalue weighted by Crippen LogP contribution is 2.72. The monoisotopic (exact) mass is 495 g/mol. The molecule has 1 spiro atoms. The Labute approximate surface area is 212 Å². The second kappa shape index (κ2) is 7.21. The molecule has 2 heterocycles. The molecule has 8 atom stereocenters. The number of ketones is 1. The van der Waals surface area contributed by atoms with Crippen LogP contribution in [0, 0.1) is 41.4 Å². The number of allylic oxidation sites excluding steroid dienone is 1. The lowest BCUT2D eigenvalue weighted by Gasteiger charge is -2.52. The van der Waals surface area contributed by atoms with Gasteiger partial charge in [0.15, 0.2) is 23.3 Å². The van der Waals surface area contributed by atoms with Crippen LogP contribution < -0.4 is 0 Å². The average molecular weight is 496 g/mol. The number of nitrogens with one attached hydrogen (secondary N) is 1. The number of aromatic nitrogens is 1. The fraction of sp³-hybridized carbons (Fsp3) is 0.655. The molecule has 2 saturated carbocycles. The average Bonchev–Trinajstić information content (AvgIpc) is 3.05. The first kappa shape index (κ1) is 24.1. The smallest absolute Gasteiger partial charge is 0.355 e. The van der Waals surface area contributed by atoms with Crippen LogP contribution >= 0.6 is 0 Å². The molecule has 7 nitrogen and oxygen atoms in total. The maximum absolute atomic E-state index is 14.7. The van der Waals surface area contributed by atoms with Crippen LogP contribution in [0.1, 0.15) is 64.0 Å². The summed E-state index contributed by atoms with van der Waals surface area (Å²) in [5, 5.41) is 13.0. The van der Waals surface area contributed by atoms with E-state index in [4.69, 9.17) is 14.2 Å². The lowest BCUT2D eigenvalue weighted by molar-refractivity contribution is -0.302. The summed E-state index contributed by atoms with van der Waals surface area (Å²) in [6.45, 7) is 14.1. The van der Waals surface area contributed by atoms with Gasteiger partial charge < -0.3 is 24.3 Å². The number of hydrogen-bond acceptors (Lipinski definition) is 6. The number of aryl methyl sites for hydroxylation is 1. The molecule has 0 unspecified atom stereocenters. The summed E-state index contributed by atoms with van der Waals surface area (Å²) >= 11 is 0. The Kier molecular flexibility index (Phi) is 4.83. The van der Waals surface area contributed by atoms with Crippen LogP contribution in [-0.2, 0) is 19.0 Å². The molecule has 1 saturated heterocycles. The first-order valence-electron chi connectivity index (χ1n) is 13.1. The molecule has 3 fully saturated rings. The van der Waals surface area contributed by atoms with Gasteiger partial charge in [0.25, 0.3) is 0 Å². The molecule has 6 rings (SSSR count). The van der Waals surface area contributed by atoms with Gasteiger partial charge in [-0.2, -0.15) is 0 Å². The van der Waals surface area contributed by atoms with E-state index in [-0.39, 0.29) is 35.6 Å². The number of fused-ring (bicyclic) bond motifs is 5. The molecule has 1 aliphatic heterocycles. The van der Waals surface area contributed by atoms with E-state index in [2.05, 4.69) is 25.8 Å². The minimum absolute atomic E-state index is 0.00725. The highest BCUT2D eigenvalue weighted by atomic mass is 16.7. The molecule has 0 radical (unpaired) electrons. The number of esters is 1. The highest BCUT2D eigenvalue weighted by molar-refractivity contribution is 5.96. The number of aromatic amines is 1. The van der Waals surface area contributed by atoms with E-state index in [0.717, 1.165) is 17.6 Å². The van der Waals surface area contributed by atoms with Gasteiger partial charge in [0, 0.05) is 12.1 Å². The van der Waals surface area contributed by atoms with Crippen molar-refractivity contribution in [3.63, 3.8) is 0 Å². The van der Waals surface area contributed by atoms with Crippen LogP contribution in [0.25, 0.3) is 0 Å². The zero-order valence-electron chi connectivity index (χ0n) is 22.2. The zero-order valence-corrected chi connectivity index (χ0v) is 22.2. The third kappa shape index (κ3) is 2.85. The van der Waals surface area contributed by atoms with E-state index in [1.165, 1.54) is 0 Å². The molecule has 194 valence electrons. The Bertz CT molecular complexity index is 1220. The molecule has 4 aliphatic carbocycles. The van der Waals surface area contributed by atoms with Crippen LogP contribution in [0.15, 0.2) is 35.6 Å². The highest BCUT2D eigenvalue weighted by Gasteiger charge is 2.77. The summed E-state index contributed by atoms with van der Waals surface area (Å²) in [4.78, 5) is 30.9. The van der Waals surface area contributed by atoms with E-state index >= 15 is 0 Å². The Morgan fingerprint density at radius 1 is 1.22 bits per heavy atom. The number of ether oxygens (including phenoxy) is 3. The summed E-state index contributed by atoms with van der Waals surface area (Å²) in [6.07, 6.45) is 4.54. The van der Waals surface area contributed by atoms with Gasteiger partial charge in [0.2, 0.25) is 0 Å². The van der Waals surface area contributed by atoms with E-state index in [0.29, 0.717) is 17.2 Å². The van der Waals surface area contributed by atoms with Crippen molar-refractivity contribution < 1.29 is 28.9 Å². The minimum Gasteiger partial charge on any atom is -0.450 e. The van der Waals surface area contributed by atoms with Gasteiger partial charge >= 0.3 is 5.97 Å². The molecular weight excluding hydrogens is 458 g/mol. The molecule has 1 aromatic rings. The number of aliphatic hydroxyl groups is 1. The summed E-state index contributed by atoms with van der Waals surface area (Å²) < 4.78 is 18.6. The molecule has 0 aromatic carbocycles. The molecule has 36 heavy (non-hydrogen) atoms. The van der Waals surface area contributed by atoms with Crippen molar-refractivity contribution in [2.24, 2.45) is 34.5 Å². The van der Waals surface area contributed by atoms with Crippen molar-refractivity contribution in [2.75, 3.05) is 6.61 Å². The van der Waals surface area contributed by atoms with Crippen LogP contribution in [0.3, 0.4) is 0 Å². The van der Waals surface area contributed by atoms with Crippen LogP contribution in [-0.4, -0.2) is 52.0 Å². The number of rotatable bonds is 2. The Morgan fingerprint density at radius 2 is 1.94 bits per heavy atom. The third-order valence-electron chi connectivity index (χ3n) is 10.1. The van der Waals surface area contributed by atoms with E-state index < -0.39 is 35.0 Å². The van der Waals surface area contributed by atoms with Crippen LogP contribution in [0.4, 0.5) is 0 Å². The fourth-order valence-electron chi connectivity index (χ4n) is 8.13. The van der Waals surface area contributed by atoms with Gasteiger partial charge in [0.1, 0.15) is 11.8 Å². The standard InChI is InChI=1S/C29H37NO6/c1-14-8-9-30-21(14)25(32)35-23-15(2)12-28-16(3)10-19-20(26(19,4)5)18(22(28)31)11-17-13-34-27(6,7)36-24(17)29(23,28)33/h8-9,11-12,16,18-20,23-24,30,33H,10,13H2,1-7H3/t16-,18+,19-,20+,23+,24-,28+,29-/m1/s1. The zero-order chi connectivity index (χ0) is 26.0. The molecule has 1 aromatic heterocycles. The number of Topliss-reactive ketones (excluding diaryl/α,β-unsaturated/α-hetero) is 1. The van der Waals surface area contributed by atoms with Gasteiger partial charge in [-0.1, -0.05) is 32.9 Å². The number of hydrogen-bond donors (Lipinski definition) is 2. The first-order valence-corrected chi connectivity index (χ1v) is 13.1. The largest absolute Gasteiger partial charge is 0.450 e. The Balaban J connectivity index is 1.53. The summed E-state index contributed by atoms with van der Waals surface area (Å²) in [6, 6.07) is 1.80. The Hall–Kier alpha value is -2.22. The molecule has 0 amide bonds. The third-order valence-corrected chi connectivity index (χ3v) is 10.1. The molecule has 5 aliphatic rings. The quantitative estimate of drug-likeness (QED) is 0.473. The predicted octanol–water partition coefficient (Wildman–Crippen LogP) is 4.11. The van der Waals surface area contributed by atoms with Crippen LogP contribution in [0.2, 0.25) is 0 Å². The van der Waals surface area contributed by atoms with Crippen LogP contribution in [0.5, 0.6) is 0 Å². The van der Waals surface area contributed by atoms with Gasteiger partial charge in [-0.25, -0.2) is 4.79 Å². The van der Waals surface area contributed by atoms with Crippen molar-refractivity contribution in [3.05, 3.63) is 46.8 Å². The van der Waals surface area contributed by atoms with Crippen molar-refractivity contribution in [1.82, 2.24) is 4.98 Å². The molecular formula is C29H37NO6. The van der Waals surface area contributed by atoms with Gasteiger partial charge in [-0.3, -0.25) is 4.79 Å². The second-order valence-corrected chi connectivity index (χ2v) is 12.8. The molecule has 2 bridgehead atoms. The van der Waals surface area contributed by atoms with Crippen molar-refractivity contribution in [3.8, 4) is 0 Å². The summed E-state index contributed by atoms with van der Waals surface area (Å²) in [7, 11) is 0.